The molecule has 1 aliphatic rings. The van der Waals surface area contributed by atoms with Gasteiger partial charge in [0, 0.05) is 56.1 Å². The lowest BCUT2D eigenvalue weighted by molar-refractivity contribution is -0.130. The summed E-state index contributed by atoms with van der Waals surface area (Å²) in [5, 5.41) is 0. The predicted octanol–water partition coefficient (Wildman–Crippen LogP) is 4.27. The highest BCUT2D eigenvalue weighted by Crippen LogP contribution is 2.42. The molecule has 0 spiro atoms. The van der Waals surface area contributed by atoms with E-state index in [9.17, 15) is 19.2 Å². The van der Waals surface area contributed by atoms with E-state index in [-0.39, 0.29) is 24.0 Å². The molecule has 1 fully saturated rings. The number of piperidine rings is 1. The number of ether oxygens (including phenoxy) is 1. The van der Waals surface area contributed by atoms with E-state index in [1.807, 2.05) is 54.3 Å². The second kappa shape index (κ2) is 12.2. The second-order valence-corrected chi connectivity index (χ2v) is 10.2. The van der Waals surface area contributed by atoms with Crippen LogP contribution < -0.4 is 0 Å². The van der Waals surface area contributed by atoms with Gasteiger partial charge in [0.25, 0.3) is 0 Å². The van der Waals surface area contributed by atoms with E-state index in [1.54, 1.807) is 50.5 Å². The number of carbonyl (C=O) groups is 4. The largest absolute Gasteiger partial charge is 0.465 e. The summed E-state index contributed by atoms with van der Waals surface area (Å²) < 4.78 is 5.01. The minimum atomic E-state index is -0.625. The zero-order valence-corrected chi connectivity index (χ0v) is 22.8. The van der Waals surface area contributed by atoms with E-state index >= 15 is 0 Å². The van der Waals surface area contributed by atoms with Crippen molar-refractivity contribution in [1.82, 2.24) is 9.80 Å². The summed E-state index contributed by atoms with van der Waals surface area (Å²) in [6.07, 6.45) is 0. The Morgan fingerprint density at radius 1 is 0.795 bits per heavy atom. The summed E-state index contributed by atoms with van der Waals surface area (Å²) in [6, 6.07) is 23.4. The van der Waals surface area contributed by atoms with Crippen LogP contribution in [0.25, 0.3) is 0 Å². The number of likely N-dealkylation sites (N-methyl/N-ethyl adjacent to an activating group) is 1. The van der Waals surface area contributed by atoms with Crippen LogP contribution in [-0.4, -0.2) is 74.1 Å². The summed E-state index contributed by atoms with van der Waals surface area (Å²) in [7, 11) is 4.71. The molecule has 1 amide bonds. The van der Waals surface area contributed by atoms with Gasteiger partial charge >= 0.3 is 5.97 Å². The average Bonchev–Trinajstić information content (AvgIpc) is 2.96. The van der Waals surface area contributed by atoms with E-state index < -0.39 is 23.7 Å². The van der Waals surface area contributed by atoms with Gasteiger partial charge in [0.2, 0.25) is 5.91 Å². The van der Waals surface area contributed by atoms with Crippen molar-refractivity contribution in [3.8, 4) is 0 Å². The monoisotopic (exact) mass is 526 g/mol. The Balaban J connectivity index is 1.88. The van der Waals surface area contributed by atoms with Gasteiger partial charge in [-0.25, -0.2) is 4.79 Å². The van der Waals surface area contributed by atoms with Crippen molar-refractivity contribution in [1.29, 1.82) is 0 Å². The van der Waals surface area contributed by atoms with Crippen LogP contribution in [0.15, 0.2) is 78.9 Å². The topological polar surface area (TPSA) is 84.0 Å². The summed E-state index contributed by atoms with van der Waals surface area (Å²) in [5.41, 5.74) is 2.93. The lowest BCUT2D eigenvalue weighted by Crippen LogP contribution is -2.52. The van der Waals surface area contributed by atoms with Gasteiger partial charge in [-0.2, -0.15) is 0 Å². The van der Waals surface area contributed by atoms with Crippen LogP contribution in [0.5, 0.6) is 0 Å². The van der Waals surface area contributed by atoms with E-state index in [2.05, 4.69) is 0 Å². The molecule has 0 bridgehead atoms. The fourth-order valence-electron chi connectivity index (χ4n) is 5.50. The summed E-state index contributed by atoms with van der Waals surface area (Å²) in [4.78, 5) is 57.0. The summed E-state index contributed by atoms with van der Waals surface area (Å²) >= 11 is 0. The lowest BCUT2D eigenvalue weighted by Gasteiger charge is -2.43. The van der Waals surface area contributed by atoms with Crippen molar-refractivity contribution in [3.05, 3.63) is 107 Å². The number of rotatable bonds is 8. The molecule has 3 aromatic carbocycles. The quantitative estimate of drug-likeness (QED) is 0.322. The van der Waals surface area contributed by atoms with Crippen molar-refractivity contribution in [2.24, 2.45) is 11.8 Å². The van der Waals surface area contributed by atoms with E-state index in [4.69, 9.17) is 4.74 Å². The minimum absolute atomic E-state index is 0.0953. The van der Waals surface area contributed by atoms with Gasteiger partial charge in [-0.15, -0.1) is 0 Å². The third-order valence-electron chi connectivity index (χ3n) is 7.56. The number of esters is 1. The molecule has 0 radical (unpaired) electrons. The lowest BCUT2D eigenvalue weighted by atomic mass is 9.67. The van der Waals surface area contributed by atoms with Crippen molar-refractivity contribution < 1.29 is 23.9 Å². The fraction of sp³-hybridized carbons (Fsp3) is 0.312. The highest BCUT2D eigenvalue weighted by molar-refractivity contribution is 6.02. The Kier molecular flexibility index (Phi) is 8.72. The summed E-state index contributed by atoms with van der Waals surface area (Å²) in [5.74, 6) is -2.54. The Morgan fingerprint density at radius 2 is 1.31 bits per heavy atom. The van der Waals surface area contributed by atoms with Crippen molar-refractivity contribution in [2.45, 2.75) is 12.8 Å². The predicted molar refractivity (Wildman–Crippen MR) is 149 cm³/mol. The van der Waals surface area contributed by atoms with E-state index in [0.29, 0.717) is 35.3 Å². The maximum Gasteiger partial charge on any atom is 0.338 e. The number of Topliss-reactive ketones (excluding diaryl/α,β-unsaturated/α-hetero) is 2. The smallest absolute Gasteiger partial charge is 0.338 e. The van der Waals surface area contributed by atoms with Crippen molar-refractivity contribution >= 4 is 23.4 Å². The number of ketones is 2. The Bertz CT molecular complexity index is 1290. The molecule has 2 atom stereocenters. The molecule has 0 aliphatic carbocycles. The standard InChI is InChI=1S/C32H34N2O5/c1-21-24(16-11-17-25(21)32(38)39-4)29-26(30(36)22-12-7-5-8-13-22)18-34(20-28(35)33(2)3)19-27(29)31(37)23-14-9-6-10-15-23/h5-17,26-27,29H,18-20H2,1-4H3/t26-,27-/m0/s1. The highest BCUT2D eigenvalue weighted by Gasteiger charge is 2.46. The highest BCUT2D eigenvalue weighted by atomic mass is 16.5. The van der Waals surface area contributed by atoms with Crippen molar-refractivity contribution in [2.75, 3.05) is 40.8 Å². The van der Waals surface area contributed by atoms with Crippen LogP contribution in [0.2, 0.25) is 0 Å². The first-order chi connectivity index (χ1) is 18.7. The maximum absolute atomic E-state index is 14.1. The molecule has 1 aliphatic heterocycles. The molecule has 0 saturated carbocycles. The normalized spacial score (nSPS) is 17.8. The third kappa shape index (κ3) is 5.99. The number of likely N-dealkylation sites (tertiary alicyclic amines) is 1. The second-order valence-electron chi connectivity index (χ2n) is 10.2. The molecule has 202 valence electrons. The SMILES string of the molecule is COC(=O)c1cccc(C2[C@@H](C(=O)c3ccccc3)CN(CC(=O)N(C)C)C[C@@H]2C(=O)c2ccccc2)c1C. The number of hydrogen-bond acceptors (Lipinski definition) is 6. The first kappa shape index (κ1) is 27.9. The van der Waals surface area contributed by atoms with Gasteiger partial charge < -0.3 is 9.64 Å². The van der Waals surface area contributed by atoms with Crippen LogP contribution in [0.4, 0.5) is 0 Å². The molecule has 4 rings (SSSR count). The Morgan fingerprint density at radius 3 is 1.77 bits per heavy atom. The Labute approximate surface area is 229 Å². The molecule has 0 N–H and O–H groups in total. The Hall–Kier alpha value is -4.10. The molecule has 7 heteroatoms. The zero-order chi connectivity index (χ0) is 28.1. The first-order valence-electron chi connectivity index (χ1n) is 13.0. The van der Waals surface area contributed by atoms with Crippen molar-refractivity contribution in [3.63, 3.8) is 0 Å². The van der Waals surface area contributed by atoms with Gasteiger partial charge in [0.1, 0.15) is 0 Å². The molecular formula is C32H34N2O5. The van der Waals surface area contributed by atoms with Crippen LogP contribution >= 0.6 is 0 Å². The number of hydrogen-bond donors (Lipinski definition) is 0. The van der Waals surface area contributed by atoms with Gasteiger partial charge in [0.15, 0.2) is 11.6 Å². The van der Waals surface area contributed by atoms with Crippen LogP contribution in [-0.2, 0) is 9.53 Å². The first-order valence-corrected chi connectivity index (χ1v) is 13.0. The number of carbonyl (C=O) groups excluding carboxylic acids is 4. The average molecular weight is 527 g/mol. The summed E-state index contributed by atoms with van der Waals surface area (Å²) in [6.45, 7) is 2.53. The maximum atomic E-state index is 14.1. The zero-order valence-electron chi connectivity index (χ0n) is 22.8. The molecule has 7 nitrogen and oxygen atoms in total. The van der Waals surface area contributed by atoms with Gasteiger partial charge in [-0.3, -0.25) is 19.3 Å². The minimum Gasteiger partial charge on any atom is -0.465 e. The number of methoxy groups -OCH3 is 1. The van der Waals surface area contributed by atoms with Crippen LogP contribution in [0.1, 0.15) is 48.1 Å². The third-order valence-corrected chi connectivity index (χ3v) is 7.56. The fourth-order valence-corrected chi connectivity index (χ4v) is 5.50. The number of amides is 1. The molecule has 0 aromatic heterocycles. The number of benzene rings is 3. The molecule has 3 aromatic rings. The van der Waals surface area contributed by atoms with E-state index in [0.717, 1.165) is 5.56 Å². The van der Waals surface area contributed by atoms with Crippen LogP contribution in [0.3, 0.4) is 0 Å². The van der Waals surface area contributed by atoms with Gasteiger partial charge in [-0.1, -0.05) is 72.8 Å². The molecular weight excluding hydrogens is 492 g/mol. The van der Waals surface area contributed by atoms with Gasteiger partial charge in [0.05, 0.1) is 19.2 Å². The molecule has 1 heterocycles. The van der Waals surface area contributed by atoms with Gasteiger partial charge in [-0.05, 0) is 24.1 Å². The number of nitrogens with zero attached hydrogens (tertiary/aromatic N) is 2. The van der Waals surface area contributed by atoms with Crippen LogP contribution in [0, 0.1) is 18.8 Å². The molecule has 1 saturated heterocycles. The van der Waals surface area contributed by atoms with E-state index in [1.165, 1.54) is 12.0 Å². The molecule has 39 heavy (non-hydrogen) atoms. The molecule has 0 unspecified atom stereocenters.